The summed E-state index contributed by atoms with van der Waals surface area (Å²) < 4.78 is 0. The summed E-state index contributed by atoms with van der Waals surface area (Å²) in [6.45, 7) is 8.16. The molecule has 1 aromatic rings. The Morgan fingerprint density at radius 2 is 1.77 bits per heavy atom. The van der Waals surface area contributed by atoms with Gasteiger partial charge in [-0.15, -0.1) is 0 Å². The maximum atomic E-state index is 9.41. The first-order chi connectivity index (χ1) is 6.17. The zero-order chi connectivity index (χ0) is 9.84. The number of rotatable bonds is 3. The Morgan fingerprint density at radius 3 is 2.23 bits per heavy atom. The van der Waals surface area contributed by atoms with E-state index in [1.165, 1.54) is 0 Å². The van der Waals surface area contributed by atoms with Gasteiger partial charge in [-0.1, -0.05) is 0 Å². The number of phenols is 1. The maximum absolute atomic E-state index is 9.41. The van der Waals surface area contributed by atoms with Crippen molar-refractivity contribution >= 4 is 5.69 Å². The SMILES string of the molecule is CCN(CC)c1cc(C)cc(O)c1. The first-order valence-electron chi connectivity index (χ1n) is 4.73. The second-order valence-electron chi connectivity index (χ2n) is 3.20. The minimum atomic E-state index is 0.349. The van der Waals surface area contributed by atoms with E-state index in [4.69, 9.17) is 0 Å². The van der Waals surface area contributed by atoms with Crippen LogP contribution < -0.4 is 4.90 Å². The van der Waals surface area contributed by atoms with Crippen LogP contribution in [0.3, 0.4) is 0 Å². The van der Waals surface area contributed by atoms with Crippen molar-refractivity contribution in [1.29, 1.82) is 0 Å². The largest absolute Gasteiger partial charge is 0.508 e. The van der Waals surface area contributed by atoms with Crippen molar-refractivity contribution in [3.05, 3.63) is 23.8 Å². The monoisotopic (exact) mass is 179 g/mol. The van der Waals surface area contributed by atoms with Gasteiger partial charge in [-0.2, -0.15) is 0 Å². The second kappa shape index (κ2) is 4.17. The van der Waals surface area contributed by atoms with E-state index in [1.807, 2.05) is 6.92 Å². The molecule has 0 atom stereocenters. The number of anilines is 1. The Labute approximate surface area is 79.8 Å². The third-order valence-electron chi connectivity index (χ3n) is 2.18. The number of phenolic OH excluding ortho intramolecular Hbond substituents is 1. The van der Waals surface area contributed by atoms with Crippen molar-refractivity contribution in [2.45, 2.75) is 20.8 Å². The van der Waals surface area contributed by atoms with Crippen molar-refractivity contribution in [3.63, 3.8) is 0 Å². The van der Waals surface area contributed by atoms with Crippen molar-refractivity contribution in [3.8, 4) is 5.75 Å². The first-order valence-corrected chi connectivity index (χ1v) is 4.73. The summed E-state index contributed by atoms with van der Waals surface area (Å²) in [6.07, 6.45) is 0. The highest BCUT2D eigenvalue weighted by atomic mass is 16.3. The van der Waals surface area contributed by atoms with Crippen LogP contribution in [-0.4, -0.2) is 18.2 Å². The maximum Gasteiger partial charge on any atom is 0.117 e. The summed E-state index contributed by atoms with van der Waals surface area (Å²) in [5, 5.41) is 9.41. The zero-order valence-electron chi connectivity index (χ0n) is 8.54. The Bertz CT molecular complexity index is 259. The normalized spacial score (nSPS) is 10.1. The minimum Gasteiger partial charge on any atom is -0.508 e. The highest BCUT2D eigenvalue weighted by Crippen LogP contribution is 2.22. The number of benzene rings is 1. The fourth-order valence-corrected chi connectivity index (χ4v) is 1.51. The lowest BCUT2D eigenvalue weighted by atomic mass is 10.2. The van der Waals surface area contributed by atoms with Crippen molar-refractivity contribution in [2.24, 2.45) is 0 Å². The molecule has 0 fully saturated rings. The first kappa shape index (κ1) is 9.90. The lowest BCUT2D eigenvalue weighted by Crippen LogP contribution is -2.21. The molecule has 1 aromatic carbocycles. The molecule has 0 aliphatic carbocycles. The molecule has 0 heterocycles. The Balaban J connectivity index is 2.99. The standard InChI is InChI=1S/C11H17NO/c1-4-12(5-2)10-6-9(3)7-11(13)8-10/h6-8,13H,4-5H2,1-3H3. The summed E-state index contributed by atoms with van der Waals surface area (Å²) in [6, 6.07) is 5.67. The van der Waals surface area contributed by atoms with E-state index in [-0.39, 0.29) is 0 Å². The zero-order valence-corrected chi connectivity index (χ0v) is 8.54. The van der Waals surface area contributed by atoms with Crippen LogP contribution in [0.2, 0.25) is 0 Å². The van der Waals surface area contributed by atoms with Gasteiger partial charge in [0, 0.05) is 24.8 Å². The fraction of sp³-hybridized carbons (Fsp3) is 0.455. The van der Waals surface area contributed by atoms with Crippen molar-refractivity contribution < 1.29 is 5.11 Å². The predicted octanol–water partition coefficient (Wildman–Crippen LogP) is 2.55. The molecule has 0 aliphatic heterocycles. The number of aromatic hydroxyl groups is 1. The molecule has 0 amide bonds. The summed E-state index contributed by atoms with van der Waals surface area (Å²) in [5.74, 6) is 0.349. The minimum absolute atomic E-state index is 0.349. The predicted molar refractivity (Wildman–Crippen MR) is 56.4 cm³/mol. The lowest BCUT2D eigenvalue weighted by molar-refractivity contribution is 0.475. The van der Waals surface area contributed by atoms with E-state index < -0.39 is 0 Å². The summed E-state index contributed by atoms with van der Waals surface area (Å²) in [5.41, 5.74) is 2.20. The molecule has 0 bridgehead atoms. The van der Waals surface area contributed by atoms with Crippen LogP contribution in [0.15, 0.2) is 18.2 Å². The molecule has 2 nitrogen and oxygen atoms in total. The summed E-state index contributed by atoms with van der Waals surface area (Å²) in [7, 11) is 0. The molecule has 0 aromatic heterocycles. The molecule has 72 valence electrons. The molecule has 13 heavy (non-hydrogen) atoms. The van der Waals surface area contributed by atoms with Crippen LogP contribution in [0.25, 0.3) is 0 Å². The highest BCUT2D eigenvalue weighted by Gasteiger charge is 2.02. The van der Waals surface area contributed by atoms with Gasteiger partial charge in [0.1, 0.15) is 5.75 Å². The average Bonchev–Trinajstić information content (AvgIpc) is 2.04. The second-order valence-corrected chi connectivity index (χ2v) is 3.20. The number of nitrogens with zero attached hydrogens (tertiary/aromatic N) is 1. The number of aryl methyl sites for hydroxylation is 1. The molecule has 0 radical (unpaired) electrons. The van der Waals surface area contributed by atoms with E-state index in [9.17, 15) is 5.11 Å². The van der Waals surface area contributed by atoms with Gasteiger partial charge in [0.05, 0.1) is 0 Å². The van der Waals surface area contributed by atoms with Crippen LogP contribution in [-0.2, 0) is 0 Å². The van der Waals surface area contributed by atoms with Crippen molar-refractivity contribution in [2.75, 3.05) is 18.0 Å². The van der Waals surface area contributed by atoms with Gasteiger partial charge in [0.2, 0.25) is 0 Å². The molecule has 2 heteroatoms. The number of hydrogen-bond acceptors (Lipinski definition) is 2. The molecular formula is C11H17NO. The third-order valence-corrected chi connectivity index (χ3v) is 2.18. The molecule has 0 aliphatic rings. The van der Waals surface area contributed by atoms with Crippen LogP contribution in [0.4, 0.5) is 5.69 Å². The van der Waals surface area contributed by atoms with E-state index in [0.717, 1.165) is 24.3 Å². The quantitative estimate of drug-likeness (QED) is 0.770. The third kappa shape index (κ3) is 2.38. The van der Waals surface area contributed by atoms with Gasteiger partial charge in [-0.25, -0.2) is 0 Å². The van der Waals surface area contributed by atoms with E-state index in [0.29, 0.717) is 5.75 Å². The molecule has 0 saturated carbocycles. The number of hydrogen-bond donors (Lipinski definition) is 1. The average molecular weight is 179 g/mol. The van der Waals surface area contributed by atoms with Crippen LogP contribution in [0.1, 0.15) is 19.4 Å². The van der Waals surface area contributed by atoms with Gasteiger partial charge >= 0.3 is 0 Å². The topological polar surface area (TPSA) is 23.5 Å². The molecular weight excluding hydrogens is 162 g/mol. The van der Waals surface area contributed by atoms with Gasteiger partial charge in [0.25, 0.3) is 0 Å². The van der Waals surface area contributed by atoms with Gasteiger partial charge in [0.15, 0.2) is 0 Å². The van der Waals surface area contributed by atoms with Crippen molar-refractivity contribution in [1.82, 2.24) is 0 Å². The summed E-state index contributed by atoms with van der Waals surface area (Å²) >= 11 is 0. The van der Waals surface area contributed by atoms with Gasteiger partial charge in [-0.3, -0.25) is 0 Å². The van der Waals surface area contributed by atoms with Crippen LogP contribution >= 0.6 is 0 Å². The Kier molecular flexibility index (Phi) is 3.18. The van der Waals surface area contributed by atoms with Crippen LogP contribution in [0, 0.1) is 6.92 Å². The van der Waals surface area contributed by atoms with Gasteiger partial charge in [-0.05, 0) is 38.5 Å². The Morgan fingerprint density at radius 1 is 1.15 bits per heavy atom. The molecule has 0 spiro atoms. The lowest BCUT2D eigenvalue weighted by Gasteiger charge is -2.21. The smallest absolute Gasteiger partial charge is 0.117 e. The summed E-state index contributed by atoms with van der Waals surface area (Å²) in [4.78, 5) is 2.22. The van der Waals surface area contributed by atoms with Crippen LogP contribution in [0.5, 0.6) is 5.75 Å². The molecule has 1 rings (SSSR count). The van der Waals surface area contributed by atoms with E-state index >= 15 is 0 Å². The Hall–Kier alpha value is -1.18. The molecule has 0 saturated heterocycles. The van der Waals surface area contributed by atoms with E-state index in [2.05, 4.69) is 24.8 Å². The van der Waals surface area contributed by atoms with E-state index in [1.54, 1.807) is 12.1 Å². The molecule has 0 unspecified atom stereocenters. The van der Waals surface area contributed by atoms with Gasteiger partial charge < -0.3 is 10.0 Å². The fourth-order valence-electron chi connectivity index (χ4n) is 1.51. The molecule has 1 N–H and O–H groups in total. The highest BCUT2D eigenvalue weighted by molar-refractivity contribution is 5.52.